The first-order valence-electron chi connectivity index (χ1n) is 17.5. The van der Waals surface area contributed by atoms with Gasteiger partial charge in [-0.05, 0) is 17.5 Å². The van der Waals surface area contributed by atoms with Crippen LogP contribution in [0.15, 0.2) is 0 Å². The fourth-order valence-electron chi connectivity index (χ4n) is 4.78. The van der Waals surface area contributed by atoms with Crippen molar-refractivity contribution in [1.29, 1.82) is 0 Å². The molecular weight excluding hydrogens is 689 g/mol. The van der Waals surface area contributed by atoms with Crippen LogP contribution < -0.4 is 21.3 Å². The highest BCUT2D eigenvalue weighted by Crippen LogP contribution is 2.36. The zero-order valence-corrected chi connectivity index (χ0v) is 31.6. The molecule has 6 amide bonds. The van der Waals surface area contributed by atoms with E-state index in [4.69, 9.17) is 23.7 Å². The Bertz CT molecular complexity index is 1090. The third-order valence-electron chi connectivity index (χ3n) is 7.50. The van der Waals surface area contributed by atoms with Gasteiger partial charge in [-0.1, -0.05) is 27.2 Å². The molecule has 0 radical (unpaired) electrons. The smallest absolute Gasteiger partial charge is 0.407 e. The van der Waals surface area contributed by atoms with E-state index in [0.717, 1.165) is 12.8 Å². The fraction of sp³-hybridized carbons (Fsp3) is 0.812. The average Bonchev–Trinajstić information content (AvgIpc) is 3.35. The molecule has 51 heavy (non-hydrogen) atoms. The molecule has 0 bridgehead atoms. The molecule has 0 aromatic carbocycles. The van der Waals surface area contributed by atoms with Crippen molar-refractivity contribution >= 4 is 55.2 Å². The molecule has 1 aliphatic rings. The summed E-state index contributed by atoms with van der Waals surface area (Å²) in [5.74, 6) is -1.30. The normalized spacial score (nSPS) is 16.6. The number of imide groups is 1. The lowest BCUT2D eigenvalue weighted by molar-refractivity contribution is -0.181. The number of methoxy groups -OCH3 is 1. The summed E-state index contributed by atoms with van der Waals surface area (Å²) >= 11 is 1.53. The van der Waals surface area contributed by atoms with Crippen molar-refractivity contribution < 1.29 is 57.6 Å². The molecule has 0 aromatic rings. The third kappa shape index (κ3) is 21.2. The van der Waals surface area contributed by atoms with Gasteiger partial charge in [-0.25, -0.2) is 4.79 Å². The number of alkyl carbamates (subject to hydrolysis) is 1. The number of hydrogen-bond donors (Lipinski definition) is 5. The lowest BCUT2D eigenvalue weighted by Gasteiger charge is -2.26. The van der Waals surface area contributed by atoms with Crippen LogP contribution in [0, 0.1) is 0 Å². The molecule has 1 fully saturated rings. The Morgan fingerprint density at radius 1 is 0.922 bits per heavy atom. The summed E-state index contributed by atoms with van der Waals surface area (Å²) in [5, 5.41) is 19.2. The van der Waals surface area contributed by atoms with Gasteiger partial charge >= 0.3 is 6.09 Å². The molecule has 292 valence electrons. The molecule has 5 N–H and O–H groups in total. The van der Waals surface area contributed by atoms with Crippen LogP contribution in [0.5, 0.6) is 0 Å². The number of nitrogens with one attached hydrogen (secondary N) is 4. The number of nitrogens with zero attached hydrogens (tertiary/aromatic N) is 1. The highest BCUT2D eigenvalue weighted by atomic mass is 32.2. The summed E-state index contributed by atoms with van der Waals surface area (Å²) in [7, 11) is 3.47. The Labute approximate surface area is 306 Å². The lowest BCUT2D eigenvalue weighted by atomic mass is 9.84. The first kappa shape index (κ1) is 46.1. The van der Waals surface area contributed by atoms with E-state index in [1.807, 2.05) is 6.92 Å². The molecule has 1 rings (SSSR count). The number of amides is 6. The van der Waals surface area contributed by atoms with Crippen molar-refractivity contribution in [2.45, 2.75) is 88.0 Å². The number of carbonyl (C=O) groups excluding carboxylic acids is 6. The molecule has 0 saturated carbocycles. The number of rotatable bonds is 29. The SMILES string of the molecule is BC(C)(CCC)SC1CC(=O)N(CCC(=O)NCCOCCOCCC(=O)NCCNC(=O)CCNC(=O)OCC(OC)OC(CC)CO)C1=O. The van der Waals surface area contributed by atoms with E-state index in [-0.39, 0.29) is 132 Å². The molecule has 0 aliphatic carbocycles. The zero-order valence-electron chi connectivity index (χ0n) is 30.8. The maximum atomic E-state index is 12.7. The summed E-state index contributed by atoms with van der Waals surface area (Å²) < 4.78 is 26.2. The van der Waals surface area contributed by atoms with Gasteiger partial charge in [0, 0.05) is 65.5 Å². The van der Waals surface area contributed by atoms with Crippen molar-refractivity contribution in [2.24, 2.45) is 0 Å². The van der Waals surface area contributed by atoms with E-state index in [2.05, 4.69) is 43.0 Å². The van der Waals surface area contributed by atoms with Crippen molar-refractivity contribution in [2.75, 3.05) is 79.5 Å². The number of aliphatic hydroxyl groups is 1. The molecule has 0 spiro atoms. The lowest BCUT2D eigenvalue weighted by Crippen LogP contribution is -2.37. The van der Waals surface area contributed by atoms with Crippen molar-refractivity contribution in [3.05, 3.63) is 0 Å². The van der Waals surface area contributed by atoms with Gasteiger partial charge in [-0.2, -0.15) is 11.8 Å². The number of carbonyl (C=O) groups is 6. The van der Waals surface area contributed by atoms with Crippen molar-refractivity contribution in [3.8, 4) is 0 Å². The Balaban J connectivity index is 2.00. The highest BCUT2D eigenvalue weighted by Gasteiger charge is 2.41. The minimum absolute atomic E-state index is 0.0128. The van der Waals surface area contributed by atoms with Gasteiger partial charge in [0.15, 0.2) is 6.29 Å². The molecule has 17 nitrogen and oxygen atoms in total. The quantitative estimate of drug-likeness (QED) is 0.0270. The minimum Gasteiger partial charge on any atom is -0.444 e. The highest BCUT2D eigenvalue weighted by molar-refractivity contribution is 8.03. The predicted octanol–water partition coefficient (Wildman–Crippen LogP) is -0.965. The van der Waals surface area contributed by atoms with Gasteiger partial charge in [0.1, 0.15) is 14.5 Å². The number of thioether (sulfide) groups is 1. The van der Waals surface area contributed by atoms with Crippen LogP contribution in [0.3, 0.4) is 0 Å². The first-order valence-corrected chi connectivity index (χ1v) is 18.4. The topological polar surface area (TPSA) is 220 Å². The molecule has 0 aromatic heterocycles. The summed E-state index contributed by atoms with van der Waals surface area (Å²) in [6.07, 6.45) is 0.848. The van der Waals surface area contributed by atoms with Crippen LogP contribution in [-0.4, -0.2) is 155 Å². The van der Waals surface area contributed by atoms with E-state index in [1.54, 1.807) is 0 Å². The van der Waals surface area contributed by atoms with Crippen molar-refractivity contribution in [3.63, 3.8) is 0 Å². The van der Waals surface area contributed by atoms with Crippen LogP contribution in [0.1, 0.15) is 65.7 Å². The second kappa shape index (κ2) is 26.8. The van der Waals surface area contributed by atoms with E-state index < -0.39 is 23.7 Å². The largest absolute Gasteiger partial charge is 0.444 e. The first-order chi connectivity index (χ1) is 24.3. The van der Waals surface area contributed by atoms with E-state index in [0.29, 0.717) is 6.42 Å². The van der Waals surface area contributed by atoms with Gasteiger partial charge in [-0.3, -0.25) is 28.9 Å². The van der Waals surface area contributed by atoms with E-state index in [9.17, 15) is 33.9 Å². The number of ether oxygens (including phenoxy) is 5. The van der Waals surface area contributed by atoms with Crippen LogP contribution >= 0.6 is 11.8 Å². The van der Waals surface area contributed by atoms with Crippen LogP contribution in [0.4, 0.5) is 4.79 Å². The van der Waals surface area contributed by atoms with Gasteiger partial charge in [-0.15, -0.1) is 0 Å². The minimum atomic E-state index is -0.825. The van der Waals surface area contributed by atoms with Crippen molar-refractivity contribution in [1.82, 2.24) is 26.2 Å². The van der Waals surface area contributed by atoms with E-state index in [1.165, 1.54) is 23.8 Å². The monoisotopic (exact) mass is 747 g/mol. The molecule has 1 saturated heterocycles. The van der Waals surface area contributed by atoms with Crippen LogP contribution in [0.2, 0.25) is 0 Å². The standard InChI is InChI=1S/C32H58BN5O12S/c1-5-10-32(3,33)51-24-20-28(43)38(30(24)44)15-8-26(41)36-14-17-48-19-18-47-16-9-27(42)35-13-12-34-25(40)7-11-37-31(45)49-22-29(46-4)50-23(6-2)21-39/h23-24,29,39H,5-22,33H2,1-4H3,(H,34,40)(H,35,42)(H,36,41)(H,37,45). The molecular formula is C32H58BN5O12S. The van der Waals surface area contributed by atoms with Crippen LogP contribution in [-0.2, 0) is 47.7 Å². The second-order valence-electron chi connectivity index (χ2n) is 12.3. The summed E-state index contributed by atoms with van der Waals surface area (Å²) in [6.45, 7) is 7.41. The average molecular weight is 748 g/mol. The summed E-state index contributed by atoms with van der Waals surface area (Å²) in [4.78, 5) is 74.1. The predicted molar refractivity (Wildman–Crippen MR) is 191 cm³/mol. The molecule has 1 aliphatic heterocycles. The molecule has 4 atom stereocenters. The van der Waals surface area contributed by atoms with Gasteiger partial charge in [0.2, 0.25) is 29.5 Å². The Kier molecular flexibility index (Phi) is 24.2. The summed E-state index contributed by atoms with van der Waals surface area (Å²) in [5.41, 5.74) is 0. The Morgan fingerprint density at radius 2 is 1.55 bits per heavy atom. The van der Waals surface area contributed by atoms with Gasteiger partial charge < -0.3 is 50.1 Å². The van der Waals surface area contributed by atoms with Crippen LogP contribution in [0.25, 0.3) is 0 Å². The van der Waals surface area contributed by atoms with Gasteiger partial charge in [0.25, 0.3) is 0 Å². The second-order valence-corrected chi connectivity index (χ2v) is 14.2. The third-order valence-corrected chi connectivity index (χ3v) is 8.99. The number of hydrogen-bond acceptors (Lipinski definition) is 13. The maximum absolute atomic E-state index is 12.7. The number of likely N-dealkylation sites (tertiary alicyclic amines) is 1. The summed E-state index contributed by atoms with van der Waals surface area (Å²) in [6, 6.07) is 0. The molecule has 19 heteroatoms. The molecule has 1 heterocycles. The number of aliphatic hydroxyl groups excluding tert-OH is 1. The maximum Gasteiger partial charge on any atom is 0.407 e. The fourth-order valence-corrected chi connectivity index (χ4v) is 6.32. The Hall–Kier alpha value is -2.97. The molecule has 4 unspecified atom stereocenters. The Morgan fingerprint density at radius 3 is 2.18 bits per heavy atom. The van der Waals surface area contributed by atoms with Gasteiger partial charge in [0.05, 0.1) is 44.4 Å². The zero-order chi connectivity index (χ0) is 38.1. The van der Waals surface area contributed by atoms with E-state index >= 15 is 0 Å².